The molecule has 0 aliphatic carbocycles. The number of anilines is 1. The molecule has 4 aromatic carbocycles. The summed E-state index contributed by atoms with van der Waals surface area (Å²) < 4.78 is 25.9. The molecule has 1 aliphatic heterocycles. The maximum absolute atomic E-state index is 14.0. The van der Waals surface area contributed by atoms with Crippen LogP contribution >= 0.6 is 35.0 Å². The second kappa shape index (κ2) is 14.4. The summed E-state index contributed by atoms with van der Waals surface area (Å²) in [6.45, 7) is 10.2. The average molecular weight is 662 g/mol. The molecule has 45 heavy (non-hydrogen) atoms. The van der Waals surface area contributed by atoms with Crippen LogP contribution < -0.4 is 14.4 Å². The van der Waals surface area contributed by atoms with Crippen molar-refractivity contribution in [1.29, 1.82) is 0 Å². The second-order valence-electron chi connectivity index (χ2n) is 10.4. The van der Waals surface area contributed by atoms with Crippen molar-refractivity contribution < 1.29 is 18.7 Å². The minimum atomic E-state index is -0.330. The first-order valence-corrected chi connectivity index (χ1v) is 15.9. The van der Waals surface area contributed by atoms with Crippen molar-refractivity contribution in [2.75, 3.05) is 11.5 Å². The number of carbonyl (C=O) groups is 1. The lowest BCUT2D eigenvalue weighted by Gasteiger charge is -2.17. The lowest BCUT2D eigenvalue weighted by molar-refractivity contribution is -0.113. The van der Waals surface area contributed by atoms with E-state index in [9.17, 15) is 9.18 Å². The Morgan fingerprint density at radius 1 is 0.978 bits per heavy atom. The number of aryl methyl sites for hydroxylation is 2. The van der Waals surface area contributed by atoms with Crippen LogP contribution in [0.5, 0.6) is 11.5 Å². The Kier molecular flexibility index (Phi) is 10.3. The molecule has 0 N–H and O–H groups in total. The molecule has 1 heterocycles. The number of hydrogen-bond acceptors (Lipinski definition) is 5. The number of amidine groups is 1. The molecule has 0 spiro atoms. The molecule has 5 nitrogen and oxygen atoms in total. The van der Waals surface area contributed by atoms with Gasteiger partial charge in [-0.25, -0.2) is 9.38 Å². The third-order valence-corrected chi connectivity index (χ3v) is 8.77. The summed E-state index contributed by atoms with van der Waals surface area (Å²) in [5.74, 6) is 0.485. The number of halogens is 3. The van der Waals surface area contributed by atoms with Crippen LogP contribution in [0.25, 0.3) is 6.08 Å². The van der Waals surface area contributed by atoms with Crippen LogP contribution in [0.1, 0.15) is 34.7 Å². The first-order valence-electron chi connectivity index (χ1n) is 14.3. The molecule has 0 bridgehead atoms. The third-order valence-electron chi connectivity index (χ3n) is 6.99. The van der Waals surface area contributed by atoms with Crippen molar-refractivity contribution in [1.82, 2.24) is 0 Å². The predicted molar refractivity (Wildman–Crippen MR) is 185 cm³/mol. The molecular weight excluding hydrogens is 630 g/mol. The molecule has 9 heteroatoms. The number of amides is 1. The summed E-state index contributed by atoms with van der Waals surface area (Å²) >= 11 is 14.1. The number of nitrogens with zero attached hydrogens (tertiary/aromatic N) is 2. The molecule has 0 saturated carbocycles. The Balaban J connectivity index is 1.55. The zero-order valence-corrected chi connectivity index (χ0v) is 27.4. The van der Waals surface area contributed by atoms with Gasteiger partial charge < -0.3 is 9.47 Å². The number of carbonyl (C=O) groups excluding carboxylic acids is 1. The Hall–Kier alpha value is -4.04. The van der Waals surface area contributed by atoms with Gasteiger partial charge in [0.05, 0.1) is 22.9 Å². The lowest BCUT2D eigenvalue weighted by atomic mass is 10.0. The third kappa shape index (κ3) is 7.61. The molecular formula is C36H31Cl2FN2O3S. The largest absolute Gasteiger partial charge is 0.490 e. The molecule has 1 fully saturated rings. The van der Waals surface area contributed by atoms with Gasteiger partial charge in [-0.3, -0.25) is 9.69 Å². The second-order valence-corrected chi connectivity index (χ2v) is 12.2. The summed E-state index contributed by atoms with van der Waals surface area (Å²) in [6.07, 6.45) is 4.07. The van der Waals surface area contributed by atoms with Gasteiger partial charge in [0, 0.05) is 15.6 Å². The molecule has 1 amide bonds. The van der Waals surface area contributed by atoms with Gasteiger partial charge in [-0.2, -0.15) is 0 Å². The minimum absolute atomic E-state index is 0.160. The quantitative estimate of drug-likeness (QED) is 0.125. The van der Waals surface area contributed by atoms with Gasteiger partial charge in [0.1, 0.15) is 12.4 Å². The van der Waals surface area contributed by atoms with E-state index >= 15 is 0 Å². The van der Waals surface area contributed by atoms with E-state index in [2.05, 4.69) is 6.58 Å². The van der Waals surface area contributed by atoms with Crippen molar-refractivity contribution in [3.05, 3.63) is 134 Å². The van der Waals surface area contributed by atoms with Crippen LogP contribution in [-0.4, -0.2) is 17.7 Å². The van der Waals surface area contributed by atoms with Gasteiger partial charge >= 0.3 is 0 Å². The Bertz CT molecular complexity index is 1840. The molecule has 4 aromatic rings. The van der Waals surface area contributed by atoms with Gasteiger partial charge in [-0.1, -0.05) is 53.5 Å². The number of ether oxygens (including phenoxy) is 2. The standard InChI is InChI=1S/C36H31Cl2FN2O3S/c1-5-8-26-15-25(17-32(43-6-2)34(26)44-21-24-9-7-10-27(39)16-24)18-33-35(42)41(29-14-12-23(4)31(38)20-29)36(45-33)40-28-13-11-22(3)30(37)19-28/h5,7,9-20H,1,6,8,21H2,2-4H3/b33-18+,40-36?. The summed E-state index contributed by atoms with van der Waals surface area (Å²) in [5, 5.41) is 1.60. The van der Waals surface area contributed by atoms with E-state index in [0.29, 0.717) is 61.6 Å². The topological polar surface area (TPSA) is 51.1 Å². The van der Waals surface area contributed by atoms with Crippen LogP contribution in [0.3, 0.4) is 0 Å². The zero-order valence-electron chi connectivity index (χ0n) is 25.1. The van der Waals surface area contributed by atoms with E-state index in [0.717, 1.165) is 22.3 Å². The van der Waals surface area contributed by atoms with Crippen LogP contribution in [-0.2, 0) is 17.8 Å². The van der Waals surface area contributed by atoms with E-state index in [1.807, 2.05) is 63.2 Å². The average Bonchev–Trinajstić information content (AvgIpc) is 3.30. The van der Waals surface area contributed by atoms with E-state index in [-0.39, 0.29) is 18.3 Å². The van der Waals surface area contributed by atoms with E-state index < -0.39 is 0 Å². The lowest BCUT2D eigenvalue weighted by Crippen LogP contribution is -2.28. The van der Waals surface area contributed by atoms with Crippen LogP contribution in [0.15, 0.2) is 95.3 Å². The Morgan fingerprint density at radius 3 is 2.42 bits per heavy atom. The SMILES string of the molecule is C=CCc1cc(/C=C2/SC(=Nc3ccc(C)c(Cl)c3)N(c3ccc(C)c(Cl)c3)C2=O)cc(OCC)c1OCc1cccc(F)c1. The number of allylic oxidation sites excluding steroid dienone is 1. The van der Waals surface area contributed by atoms with E-state index in [1.54, 1.807) is 35.2 Å². The molecule has 0 unspecified atom stereocenters. The molecule has 1 aliphatic rings. The highest BCUT2D eigenvalue weighted by Crippen LogP contribution is 2.41. The van der Waals surface area contributed by atoms with Crippen molar-refractivity contribution in [3.63, 3.8) is 0 Å². The van der Waals surface area contributed by atoms with Crippen molar-refractivity contribution in [2.24, 2.45) is 4.99 Å². The molecule has 230 valence electrons. The molecule has 5 rings (SSSR count). The predicted octanol–water partition coefficient (Wildman–Crippen LogP) is 10.3. The molecule has 0 aromatic heterocycles. The number of aliphatic imine (C=N–C) groups is 1. The van der Waals surface area contributed by atoms with Crippen LogP contribution in [0.2, 0.25) is 10.0 Å². The van der Waals surface area contributed by atoms with Gasteiger partial charge in [-0.05, 0) is 116 Å². The Morgan fingerprint density at radius 2 is 1.73 bits per heavy atom. The molecule has 1 saturated heterocycles. The van der Waals surface area contributed by atoms with Crippen LogP contribution in [0.4, 0.5) is 15.8 Å². The van der Waals surface area contributed by atoms with Gasteiger partial charge in [-0.15, -0.1) is 6.58 Å². The van der Waals surface area contributed by atoms with Crippen molar-refractivity contribution >= 4 is 63.5 Å². The Labute approximate surface area is 277 Å². The first-order chi connectivity index (χ1) is 21.7. The maximum Gasteiger partial charge on any atom is 0.271 e. The van der Waals surface area contributed by atoms with Gasteiger partial charge in [0.2, 0.25) is 0 Å². The summed E-state index contributed by atoms with van der Waals surface area (Å²) in [7, 11) is 0. The molecule has 0 atom stereocenters. The number of rotatable bonds is 10. The first kappa shape index (κ1) is 32.4. The highest BCUT2D eigenvalue weighted by atomic mass is 35.5. The normalized spacial score (nSPS) is 14.8. The van der Waals surface area contributed by atoms with Gasteiger partial charge in [0.15, 0.2) is 16.7 Å². The fraction of sp³-hybridized carbons (Fsp3) is 0.167. The fourth-order valence-corrected chi connectivity index (χ4v) is 6.04. The fourth-order valence-electron chi connectivity index (χ4n) is 4.69. The summed E-state index contributed by atoms with van der Waals surface area (Å²) in [5.41, 5.74) is 5.31. The zero-order chi connectivity index (χ0) is 32.1. The summed E-state index contributed by atoms with van der Waals surface area (Å²) in [4.78, 5) is 20.8. The maximum atomic E-state index is 14.0. The summed E-state index contributed by atoms with van der Waals surface area (Å²) in [6, 6.07) is 21.0. The van der Waals surface area contributed by atoms with E-state index in [1.165, 1.54) is 23.9 Å². The highest BCUT2D eigenvalue weighted by Gasteiger charge is 2.35. The van der Waals surface area contributed by atoms with Crippen molar-refractivity contribution in [3.8, 4) is 11.5 Å². The van der Waals surface area contributed by atoms with Gasteiger partial charge in [0.25, 0.3) is 5.91 Å². The van der Waals surface area contributed by atoms with Crippen LogP contribution in [0, 0.1) is 19.7 Å². The minimum Gasteiger partial charge on any atom is -0.490 e. The van der Waals surface area contributed by atoms with Crippen molar-refractivity contribution in [2.45, 2.75) is 33.8 Å². The highest BCUT2D eigenvalue weighted by molar-refractivity contribution is 8.19. The smallest absolute Gasteiger partial charge is 0.271 e. The monoisotopic (exact) mass is 660 g/mol. The number of hydrogen-bond donors (Lipinski definition) is 0. The molecule has 0 radical (unpaired) electrons. The number of benzene rings is 4. The number of thioether (sulfide) groups is 1. The van der Waals surface area contributed by atoms with E-state index in [4.69, 9.17) is 37.7 Å².